The number of rotatable bonds is 4. The normalized spacial score (nSPS) is 27.8. The summed E-state index contributed by atoms with van der Waals surface area (Å²) in [7, 11) is 0. The Balaban J connectivity index is 1.93. The molecule has 4 nitrogen and oxygen atoms in total. The Bertz CT molecular complexity index is 432. The minimum Gasteiger partial charge on any atom is -0.340 e. The van der Waals surface area contributed by atoms with Crippen molar-refractivity contribution in [3.05, 3.63) is 0 Å². The smallest absolute Gasteiger partial charge is 0.249 e. The Kier molecular flexibility index (Phi) is 3.74. The first-order valence-electron chi connectivity index (χ1n) is 8.72. The van der Waals surface area contributed by atoms with Crippen molar-refractivity contribution < 1.29 is 9.59 Å². The molecule has 1 heterocycles. The molecular formula is C17H28N2O2. The van der Waals surface area contributed by atoms with Crippen molar-refractivity contribution >= 4 is 11.8 Å². The van der Waals surface area contributed by atoms with E-state index in [2.05, 4.69) is 5.32 Å². The molecule has 4 heteroatoms. The Morgan fingerprint density at radius 2 is 1.71 bits per heavy atom. The molecule has 0 radical (unpaired) electrons. The summed E-state index contributed by atoms with van der Waals surface area (Å²) in [5.41, 5.74) is -1.19. The van der Waals surface area contributed by atoms with E-state index >= 15 is 0 Å². The van der Waals surface area contributed by atoms with Gasteiger partial charge in [-0.05, 0) is 44.4 Å². The molecule has 3 aliphatic rings. The zero-order valence-corrected chi connectivity index (χ0v) is 13.4. The van der Waals surface area contributed by atoms with Crippen LogP contribution in [0.4, 0.5) is 0 Å². The largest absolute Gasteiger partial charge is 0.340 e. The molecule has 118 valence electrons. The van der Waals surface area contributed by atoms with Crippen LogP contribution in [0.5, 0.6) is 0 Å². The minimum atomic E-state index is -0.658. The van der Waals surface area contributed by atoms with Crippen LogP contribution in [0.1, 0.15) is 71.6 Å². The van der Waals surface area contributed by atoms with Crippen LogP contribution in [-0.4, -0.2) is 34.3 Å². The average molecular weight is 292 g/mol. The molecule has 0 unspecified atom stereocenters. The summed E-state index contributed by atoms with van der Waals surface area (Å²) in [5, 5.41) is 3.12. The molecule has 1 N–H and O–H groups in total. The van der Waals surface area contributed by atoms with Gasteiger partial charge in [-0.3, -0.25) is 9.59 Å². The third kappa shape index (κ3) is 2.09. The van der Waals surface area contributed by atoms with Gasteiger partial charge in [0, 0.05) is 6.54 Å². The van der Waals surface area contributed by atoms with Crippen LogP contribution in [0.3, 0.4) is 0 Å². The molecule has 0 aromatic carbocycles. The molecule has 3 fully saturated rings. The van der Waals surface area contributed by atoms with Crippen LogP contribution < -0.4 is 5.32 Å². The number of piperazine rings is 1. The molecule has 0 aromatic heterocycles. The van der Waals surface area contributed by atoms with Crippen molar-refractivity contribution in [1.29, 1.82) is 0 Å². The van der Waals surface area contributed by atoms with Crippen LogP contribution in [-0.2, 0) is 9.59 Å². The van der Waals surface area contributed by atoms with Gasteiger partial charge in [-0.2, -0.15) is 0 Å². The zero-order chi connectivity index (χ0) is 15.1. The van der Waals surface area contributed by atoms with Crippen LogP contribution in [0.2, 0.25) is 0 Å². The fourth-order valence-electron chi connectivity index (χ4n) is 4.34. The van der Waals surface area contributed by atoms with Crippen molar-refractivity contribution in [2.45, 2.75) is 82.7 Å². The van der Waals surface area contributed by atoms with E-state index in [1.807, 2.05) is 18.7 Å². The average Bonchev–Trinajstić information content (AvgIpc) is 2.92. The van der Waals surface area contributed by atoms with Crippen molar-refractivity contribution in [3.8, 4) is 0 Å². The number of nitrogens with one attached hydrogen (secondary N) is 1. The van der Waals surface area contributed by atoms with Gasteiger partial charge in [0.15, 0.2) is 0 Å². The molecule has 0 atom stereocenters. The van der Waals surface area contributed by atoms with Gasteiger partial charge in [-0.1, -0.05) is 33.1 Å². The molecule has 2 aliphatic carbocycles. The zero-order valence-electron chi connectivity index (χ0n) is 13.4. The molecule has 0 aromatic rings. The van der Waals surface area contributed by atoms with Crippen LogP contribution in [0, 0.1) is 5.92 Å². The second-order valence-corrected chi connectivity index (χ2v) is 7.19. The van der Waals surface area contributed by atoms with Crippen LogP contribution >= 0.6 is 0 Å². The Morgan fingerprint density at radius 1 is 1.10 bits per heavy atom. The summed E-state index contributed by atoms with van der Waals surface area (Å²) in [4.78, 5) is 28.1. The van der Waals surface area contributed by atoms with E-state index in [9.17, 15) is 9.59 Å². The van der Waals surface area contributed by atoms with Gasteiger partial charge in [-0.25, -0.2) is 0 Å². The first-order chi connectivity index (χ1) is 10.1. The lowest BCUT2D eigenvalue weighted by atomic mass is 9.78. The quantitative estimate of drug-likeness (QED) is 0.866. The molecule has 2 saturated carbocycles. The van der Waals surface area contributed by atoms with Crippen molar-refractivity contribution in [1.82, 2.24) is 10.2 Å². The van der Waals surface area contributed by atoms with Crippen molar-refractivity contribution in [3.63, 3.8) is 0 Å². The molecule has 1 spiro atoms. The van der Waals surface area contributed by atoms with E-state index in [4.69, 9.17) is 0 Å². The molecule has 1 aliphatic heterocycles. The maximum Gasteiger partial charge on any atom is 0.249 e. The SMILES string of the molecule is CCC1(CC)NC(=O)C2(CCCC2)N(CC2CCC2)C1=O. The first-order valence-corrected chi connectivity index (χ1v) is 8.72. The Morgan fingerprint density at radius 3 is 2.19 bits per heavy atom. The number of amides is 2. The highest BCUT2D eigenvalue weighted by molar-refractivity contribution is 6.02. The lowest BCUT2D eigenvalue weighted by Crippen LogP contribution is -2.75. The van der Waals surface area contributed by atoms with Gasteiger partial charge in [-0.15, -0.1) is 0 Å². The second-order valence-electron chi connectivity index (χ2n) is 7.19. The van der Waals surface area contributed by atoms with E-state index in [0.717, 1.165) is 32.2 Å². The number of nitrogens with zero attached hydrogens (tertiary/aromatic N) is 1. The number of hydrogen-bond donors (Lipinski definition) is 1. The molecule has 0 bridgehead atoms. The number of hydrogen-bond acceptors (Lipinski definition) is 2. The Hall–Kier alpha value is -1.06. The molecule has 3 rings (SSSR count). The summed E-state index contributed by atoms with van der Waals surface area (Å²) in [6.07, 6.45) is 8.90. The summed E-state index contributed by atoms with van der Waals surface area (Å²) in [6, 6.07) is 0. The highest BCUT2D eigenvalue weighted by Gasteiger charge is 2.58. The third-order valence-corrected chi connectivity index (χ3v) is 6.25. The van der Waals surface area contributed by atoms with Gasteiger partial charge in [0.2, 0.25) is 11.8 Å². The van der Waals surface area contributed by atoms with Gasteiger partial charge in [0.05, 0.1) is 0 Å². The summed E-state index contributed by atoms with van der Waals surface area (Å²) >= 11 is 0. The standard InChI is InChI=1S/C17H28N2O2/c1-3-16(4-2)15(21)19(12-13-8-7-9-13)17(14(20)18-16)10-5-6-11-17/h13H,3-12H2,1-2H3,(H,18,20). The molecule has 21 heavy (non-hydrogen) atoms. The van der Waals surface area contributed by atoms with Gasteiger partial charge < -0.3 is 10.2 Å². The van der Waals surface area contributed by atoms with Crippen LogP contribution in [0.25, 0.3) is 0 Å². The van der Waals surface area contributed by atoms with E-state index in [1.165, 1.54) is 19.3 Å². The fraction of sp³-hybridized carbons (Fsp3) is 0.882. The topological polar surface area (TPSA) is 49.4 Å². The first kappa shape index (κ1) is 14.9. The van der Waals surface area contributed by atoms with E-state index in [-0.39, 0.29) is 11.8 Å². The maximum absolute atomic E-state index is 13.2. The Labute approximate surface area is 127 Å². The predicted molar refractivity (Wildman–Crippen MR) is 81.7 cm³/mol. The van der Waals surface area contributed by atoms with E-state index in [1.54, 1.807) is 0 Å². The third-order valence-electron chi connectivity index (χ3n) is 6.25. The van der Waals surface area contributed by atoms with Crippen molar-refractivity contribution in [2.24, 2.45) is 5.92 Å². The summed E-state index contributed by atoms with van der Waals surface area (Å²) in [6.45, 7) is 4.82. The van der Waals surface area contributed by atoms with Gasteiger partial charge in [0.1, 0.15) is 11.1 Å². The van der Waals surface area contributed by atoms with Crippen LogP contribution in [0.15, 0.2) is 0 Å². The second kappa shape index (κ2) is 5.29. The van der Waals surface area contributed by atoms with E-state index in [0.29, 0.717) is 18.8 Å². The highest BCUT2D eigenvalue weighted by atomic mass is 16.2. The number of carbonyl (C=O) groups is 2. The van der Waals surface area contributed by atoms with Gasteiger partial charge in [0.25, 0.3) is 0 Å². The maximum atomic E-state index is 13.2. The molecular weight excluding hydrogens is 264 g/mol. The van der Waals surface area contributed by atoms with E-state index < -0.39 is 11.1 Å². The predicted octanol–water partition coefficient (Wildman–Crippen LogP) is 2.62. The fourth-order valence-corrected chi connectivity index (χ4v) is 4.34. The number of carbonyl (C=O) groups excluding carboxylic acids is 2. The molecule has 2 amide bonds. The monoisotopic (exact) mass is 292 g/mol. The van der Waals surface area contributed by atoms with Gasteiger partial charge >= 0.3 is 0 Å². The summed E-state index contributed by atoms with van der Waals surface area (Å²) in [5.74, 6) is 0.910. The lowest BCUT2D eigenvalue weighted by Gasteiger charge is -2.52. The molecule has 1 saturated heterocycles. The van der Waals surface area contributed by atoms with Crippen molar-refractivity contribution in [2.75, 3.05) is 6.54 Å². The minimum absolute atomic E-state index is 0.114. The lowest BCUT2D eigenvalue weighted by molar-refractivity contribution is -0.165. The highest BCUT2D eigenvalue weighted by Crippen LogP contribution is 2.43. The summed E-state index contributed by atoms with van der Waals surface area (Å²) < 4.78 is 0.